The van der Waals surface area contributed by atoms with Crippen molar-refractivity contribution in [3.05, 3.63) is 35.5 Å². The lowest BCUT2D eigenvalue weighted by atomic mass is 10.0. The molecule has 2 aromatic rings. The first-order chi connectivity index (χ1) is 10.3. The molecule has 21 heavy (non-hydrogen) atoms. The van der Waals surface area contributed by atoms with E-state index in [9.17, 15) is 0 Å². The van der Waals surface area contributed by atoms with Crippen molar-refractivity contribution in [2.75, 3.05) is 13.2 Å². The highest BCUT2D eigenvalue weighted by Crippen LogP contribution is 2.32. The Kier molecular flexibility index (Phi) is 5.81. The lowest BCUT2D eigenvalue weighted by Gasteiger charge is -2.11. The van der Waals surface area contributed by atoms with Crippen molar-refractivity contribution in [2.24, 2.45) is 0 Å². The maximum Gasteiger partial charge on any atom is 0.128 e. The number of aryl methyl sites for hydroxylation is 1. The average molecular weight is 287 g/mol. The number of rotatable bonds is 8. The molecule has 0 aliphatic heterocycles. The van der Waals surface area contributed by atoms with Crippen molar-refractivity contribution in [1.29, 1.82) is 0 Å². The van der Waals surface area contributed by atoms with Crippen molar-refractivity contribution < 1.29 is 4.74 Å². The van der Waals surface area contributed by atoms with E-state index >= 15 is 0 Å². The van der Waals surface area contributed by atoms with Crippen LogP contribution < -0.4 is 10.1 Å². The zero-order valence-corrected chi connectivity index (χ0v) is 13.2. The van der Waals surface area contributed by atoms with Crippen LogP contribution in [-0.2, 0) is 6.54 Å². The van der Waals surface area contributed by atoms with Crippen molar-refractivity contribution in [2.45, 2.75) is 40.2 Å². The Morgan fingerprint density at radius 2 is 2.05 bits per heavy atom. The van der Waals surface area contributed by atoms with Crippen LogP contribution >= 0.6 is 0 Å². The van der Waals surface area contributed by atoms with E-state index in [1.54, 1.807) is 0 Å². The van der Waals surface area contributed by atoms with Crippen LogP contribution in [0.25, 0.3) is 11.3 Å². The van der Waals surface area contributed by atoms with Crippen LogP contribution in [0.3, 0.4) is 0 Å². The standard InChI is InChI=1S/C17H25N3O/c1-4-6-11-21-16-10-8-7-9-14(16)17-15(12-18-5-2)13(3)19-20-17/h7-10,18H,4-6,11-12H2,1-3H3,(H,19,20). The second-order valence-corrected chi connectivity index (χ2v) is 5.15. The fourth-order valence-electron chi connectivity index (χ4n) is 2.26. The molecular formula is C17H25N3O. The van der Waals surface area contributed by atoms with E-state index in [1.165, 1.54) is 5.56 Å². The summed E-state index contributed by atoms with van der Waals surface area (Å²) >= 11 is 0. The van der Waals surface area contributed by atoms with Gasteiger partial charge in [-0.2, -0.15) is 5.10 Å². The maximum atomic E-state index is 5.93. The summed E-state index contributed by atoms with van der Waals surface area (Å²) in [4.78, 5) is 0. The Hall–Kier alpha value is -1.81. The van der Waals surface area contributed by atoms with Gasteiger partial charge >= 0.3 is 0 Å². The average Bonchev–Trinajstić information content (AvgIpc) is 2.87. The SMILES string of the molecule is CCCCOc1ccccc1-c1n[nH]c(C)c1CNCC. The molecule has 2 N–H and O–H groups in total. The van der Waals surface area contributed by atoms with Crippen molar-refractivity contribution in [3.63, 3.8) is 0 Å². The van der Waals surface area contributed by atoms with E-state index in [0.29, 0.717) is 0 Å². The smallest absolute Gasteiger partial charge is 0.128 e. The van der Waals surface area contributed by atoms with Gasteiger partial charge in [-0.1, -0.05) is 32.4 Å². The minimum Gasteiger partial charge on any atom is -0.493 e. The molecule has 1 aromatic heterocycles. The molecule has 0 fully saturated rings. The molecule has 0 aliphatic carbocycles. The molecule has 0 saturated carbocycles. The summed E-state index contributed by atoms with van der Waals surface area (Å²) in [7, 11) is 0. The van der Waals surface area contributed by atoms with E-state index in [0.717, 1.165) is 55.2 Å². The topological polar surface area (TPSA) is 49.9 Å². The lowest BCUT2D eigenvalue weighted by molar-refractivity contribution is 0.310. The predicted octanol–water partition coefficient (Wildman–Crippen LogP) is 3.67. The summed E-state index contributed by atoms with van der Waals surface area (Å²) < 4.78 is 5.93. The van der Waals surface area contributed by atoms with Gasteiger partial charge in [0.05, 0.1) is 6.61 Å². The van der Waals surface area contributed by atoms with E-state index in [1.807, 2.05) is 18.2 Å². The van der Waals surface area contributed by atoms with Gasteiger partial charge in [0, 0.05) is 23.4 Å². The number of nitrogens with one attached hydrogen (secondary N) is 2. The lowest BCUT2D eigenvalue weighted by Crippen LogP contribution is -2.12. The molecule has 0 bridgehead atoms. The number of ether oxygens (including phenoxy) is 1. The van der Waals surface area contributed by atoms with Crippen LogP contribution in [-0.4, -0.2) is 23.3 Å². The number of hydrogen-bond acceptors (Lipinski definition) is 3. The van der Waals surface area contributed by atoms with Gasteiger partial charge in [0.15, 0.2) is 0 Å². The molecule has 2 rings (SSSR count). The third kappa shape index (κ3) is 3.85. The van der Waals surface area contributed by atoms with Crippen LogP contribution in [0.5, 0.6) is 5.75 Å². The molecule has 4 nitrogen and oxygen atoms in total. The summed E-state index contributed by atoms with van der Waals surface area (Å²) in [5, 5.41) is 10.9. The highest BCUT2D eigenvalue weighted by atomic mass is 16.5. The van der Waals surface area contributed by atoms with Gasteiger partial charge in [0.1, 0.15) is 11.4 Å². The molecule has 0 saturated heterocycles. The molecule has 0 atom stereocenters. The van der Waals surface area contributed by atoms with E-state index in [4.69, 9.17) is 4.74 Å². The minimum atomic E-state index is 0.749. The predicted molar refractivity (Wildman–Crippen MR) is 86.5 cm³/mol. The highest BCUT2D eigenvalue weighted by Gasteiger charge is 2.15. The number of benzene rings is 1. The molecule has 0 aliphatic rings. The van der Waals surface area contributed by atoms with E-state index < -0.39 is 0 Å². The Labute approximate surface area is 126 Å². The summed E-state index contributed by atoms with van der Waals surface area (Å²) in [6, 6.07) is 8.13. The number of hydrogen-bond donors (Lipinski definition) is 2. The second-order valence-electron chi connectivity index (χ2n) is 5.15. The third-order valence-corrected chi connectivity index (χ3v) is 3.52. The number of aromatic nitrogens is 2. The highest BCUT2D eigenvalue weighted by molar-refractivity contribution is 5.70. The van der Waals surface area contributed by atoms with Crippen LogP contribution in [0.2, 0.25) is 0 Å². The Bertz CT molecular complexity index is 563. The normalized spacial score (nSPS) is 10.8. The molecule has 1 aromatic carbocycles. The summed E-state index contributed by atoms with van der Waals surface area (Å²) in [5.41, 5.74) is 4.36. The summed E-state index contributed by atoms with van der Waals surface area (Å²) in [6.45, 7) is 8.84. The Morgan fingerprint density at radius 1 is 1.24 bits per heavy atom. The van der Waals surface area contributed by atoms with Gasteiger partial charge in [0.25, 0.3) is 0 Å². The zero-order chi connectivity index (χ0) is 15.1. The molecule has 0 unspecified atom stereocenters. The van der Waals surface area contributed by atoms with Gasteiger partial charge < -0.3 is 10.1 Å². The first-order valence-corrected chi connectivity index (χ1v) is 7.74. The van der Waals surface area contributed by atoms with Gasteiger partial charge in [-0.15, -0.1) is 0 Å². The first-order valence-electron chi connectivity index (χ1n) is 7.74. The van der Waals surface area contributed by atoms with Crippen molar-refractivity contribution in [1.82, 2.24) is 15.5 Å². The van der Waals surface area contributed by atoms with E-state index in [-0.39, 0.29) is 0 Å². The number of H-pyrrole nitrogens is 1. The van der Waals surface area contributed by atoms with Crippen LogP contribution in [0.4, 0.5) is 0 Å². The monoisotopic (exact) mass is 287 g/mol. The molecule has 0 amide bonds. The van der Waals surface area contributed by atoms with Crippen molar-refractivity contribution in [3.8, 4) is 17.0 Å². The van der Waals surface area contributed by atoms with Gasteiger partial charge in [-0.25, -0.2) is 0 Å². The molecule has 1 heterocycles. The molecule has 0 spiro atoms. The van der Waals surface area contributed by atoms with Crippen molar-refractivity contribution >= 4 is 0 Å². The fraction of sp³-hybridized carbons (Fsp3) is 0.471. The first kappa shape index (κ1) is 15.6. The second kappa shape index (κ2) is 7.84. The summed E-state index contributed by atoms with van der Waals surface area (Å²) in [5.74, 6) is 0.912. The third-order valence-electron chi connectivity index (χ3n) is 3.52. The number of para-hydroxylation sites is 1. The van der Waals surface area contributed by atoms with Crippen LogP contribution in [0, 0.1) is 6.92 Å². The summed E-state index contributed by atoms with van der Waals surface area (Å²) in [6.07, 6.45) is 2.20. The van der Waals surface area contributed by atoms with Gasteiger partial charge in [0.2, 0.25) is 0 Å². The largest absolute Gasteiger partial charge is 0.493 e. The molecule has 4 heteroatoms. The molecule has 0 radical (unpaired) electrons. The number of aromatic amines is 1. The van der Waals surface area contributed by atoms with Crippen LogP contribution in [0.1, 0.15) is 37.9 Å². The Morgan fingerprint density at radius 3 is 2.81 bits per heavy atom. The molecule has 114 valence electrons. The van der Waals surface area contributed by atoms with Gasteiger partial charge in [-0.3, -0.25) is 5.10 Å². The maximum absolute atomic E-state index is 5.93. The van der Waals surface area contributed by atoms with Gasteiger partial charge in [-0.05, 0) is 32.0 Å². The zero-order valence-electron chi connectivity index (χ0n) is 13.2. The minimum absolute atomic E-state index is 0.749. The fourth-order valence-corrected chi connectivity index (χ4v) is 2.26. The number of nitrogens with zero attached hydrogens (tertiary/aromatic N) is 1. The number of unbranched alkanes of at least 4 members (excludes halogenated alkanes) is 1. The Balaban J connectivity index is 2.29. The quantitative estimate of drug-likeness (QED) is 0.728. The van der Waals surface area contributed by atoms with E-state index in [2.05, 4.69) is 42.4 Å². The molecular weight excluding hydrogens is 262 g/mol. The van der Waals surface area contributed by atoms with Crippen LogP contribution in [0.15, 0.2) is 24.3 Å².